The number of nitrogens with one attached hydrogen (secondary N) is 1. The topological polar surface area (TPSA) is 41.5 Å². The van der Waals surface area contributed by atoms with Crippen molar-refractivity contribution in [1.29, 1.82) is 0 Å². The number of rotatable bonds is 6. The van der Waals surface area contributed by atoms with Crippen LogP contribution in [0.25, 0.3) is 0 Å². The molecule has 3 nitrogen and oxygen atoms in total. The van der Waals surface area contributed by atoms with Crippen LogP contribution in [0, 0.1) is 0 Å². The van der Waals surface area contributed by atoms with E-state index in [1.54, 1.807) is 0 Å². The van der Waals surface area contributed by atoms with Crippen LogP contribution in [0.2, 0.25) is 0 Å². The molecule has 0 fully saturated rings. The van der Waals surface area contributed by atoms with Gasteiger partial charge in [-0.3, -0.25) is 0 Å². The molecular weight excluding hydrogens is 258 g/mol. The first-order valence-corrected chi connectivity index (χ1v) is 5.77. The van der Waals surface area contributed by atoms with Gasteiger partial charge in [0.15, 0.2) is 0 Å². The van der Waals surface area contributed by atoms with Crippen molar-refractivity contribution in [2.45, 2.75) is 13.0 Å². The lowest BCUT2D eigenvalue weighted by molar-refractivity contribution is 0.0496. The van der Waals surface area contributed by atoms with Crippen LogP contribution in [0.3, 0.4) is 0 Å². The Morgan fingerprint density at radius 1 is 1.47 bits per heavy atom. The van der Waals surface area contributed by atoms with Gasteiger partial charge in [0.25, 0.3) is 0 Å². The van der Waals surface area contributed by atoms with E-state index >= 15 is 0 Å². The van der Waals surface area contributed by atoms with Crippen LogP contribution < -0.4 is 5.32 Å². The fourth-order valence-corrected chi connectivity index (χ4v) is 1.57. The van der Waals surface area contributed by atoms with Crippen LogP contribution in [0.5, 0.6) is 0 Å². The molecule has 15 heavy (non-hydrogen) atoms. The predicted molar refractivity (Wildman–Crippen MR) is 65.1 cm³/mol. The molecular formula is C11H16BrNO2. The van der Waals surface area contributed by atoms with Crippen molar-refractivity contribution in [1.82, 2.24) is 0 Å². The number of hydrogen-bond donors (Lipinski definition) is 2. The summed E-state index contributed by atoms with van der Waals surface area (Å²) >= 11 is 3.42. The van der Waals surface area contributed by atoms with E-state index in [2.05, 4.69) is 21.2 Å². The lowest BCUT2D eigenvalue weighted by Gasteiger charge is -2.13. The van der Waals surface area contributed by atoms with Gasteiger partial charge < -0.3 is 15.2 Å². The Labute approximate surface area is 98.6 Å². The molecule has 0 saturated heterocycles. The van der Waals surface area contributed by atoms with E-state index in [4.69, 9.17) is 4.74 Å². The summed E-state index contributed by atoms with van der Waals surface area (Å²) in [6.07, 6.45) is -0.475. The Balaban J connectivity index is 2.33. The molecule has 0 amide bonds. The molecule has 1 aromatic carbocycles. The Morgan fingerprint density at radius 2 is 2.20 bits per heavy atom. The van der Waals surface area contributed by atoms with Crippen molar-refractivity contribution >= 4 is 21.6 Å². The minimum atomic E-state index is -0.475. The molecule has 0 aliphatic heterocycles. The predicted octanol–water partition coefficient (Wildman–Crippen LogP) is 2.26. The smallest absolute Gasteiger partial charge is 0.0945 e. The number of benzene rings is 1. The summed E-state index contributed by atoms with van der Waals surface area (Å²) in [7, 11) is 0. The van der Waals surface area contributed by atoms with Crippen LogP contribution >= 0.6 is 15.9 Å². The van der Waals surface area contributed by atoms with Crippen LogP contribution in [0.1, 0.15) is 6.92 Å². The van der Waals surface area contributed by atoms with Crippen LogP contribution in [0.15, 0.2) is 28.7 Å². The van der Waals surface area contributed by atoms with Gasteiger partial charge in [0.1, 0.15) is 0 Å². The third-order valence-electron chi connectivity index (χ3n) is 1.92. The minimum Gasteiger partial charge on any atom is -0.389 e. The first kappa shape index (κ1) is 12.5. The first-order chi connectivity index (χ1) is 7.24. The van der Waals surface area contributed by atoms with Crippen LogP contribution in [-0.2, 0) is 4.74 Å². The van der Waals surface area contributed by atoms with Crippen molar-refractivity contribution in [3.63, 3.8) is 0 Å². The zero-order valence-electron chi connectivity index (χ0n) is 8.74. The van der Waals surface area contributed by atoms with Gasteiger partial charge in [-0.1, -0.05) is 12.1 Å². The van der Waals surface area contributed by atoms with Crippen molar-refractivity contribution in [3.05, 3.63) is 28.7 Å². The Morgan fingerprint density at radius 3 is 2.87 bits per heavy atom. The second-order valence-electron chi connectivity index (χ2n) is 3.17. The largest absolute Gasteiger partial charge is 0.389 e. The lowest BCUT2D eigenvalue weighted by Crippen LogP contribution is -2.24. The highest BCUT2D eigenvalue weighted by Gasteiger charge is 2.04. The molecule has 1 unspecified atom stereocenters. The van der Waals surface area contributed by atoms with Crippen molar-refractivity contribution in [2.24, 2.45) is 0 Å². The van der Waals surface area contributed by atoms with Gasteiger partial charge in [-0.05, 0) is 35.0 Å². The zero-order chi connectivity index (χ0) is 11.1. The SMILES string of the molecule is CCOCC(O)CNc1ccccc1Br. The fraction of sp³-hybridized carbons (Fsp3) is 0.455. The highest BCUT2D eigenvalue weighted by Crippen LogP contribution is 2.20. The third-order valence-corrected chi connectivity index (χ3v) is 2.61. The second-order valence-corrected chi connectivity index (χ2v) is 4.03. The molecule has 0 bridgehead atoms. The molecule has 1 rings (SSSR count). The average Bonchev–Trinajstić information content (AvgIpc) is 2.25. The minimum absolute atomic E-state index is 0.369. The zero-order valence-corrected chi connectivity index (χ0v) is 10.3. The summed E-state index contributed by atoms with van der Waals surface area (Å²) in [5, 5.41) is 12.7. The normalized spacial score (nSPS) is 12.5. The number of halogens is 1. The maximum Gasteiger partial charge on any atom is 0.0945 e. The number of para-hydroxylation sites is 1. The van der Waals surface area contributed by atoms with E-state index < -0.39 is 6.10 Å². The van der Waals surface area contributed by atoms with E-state index in [9.17, 15) is 5.11 Å². The van der Waals surface area contributed by atoms with Crippen molar-refractivity contribution < 1.29 is 9.84 Å². The van der Waals surface area contributed by atoms with Crippen LogP contribution in [-0.4, -0.2) is 31.0 Å². The third kappa shape index (κ3) is 4.64. The highest BCUT2D eigenvalue weighted by molar-refractivity contribution is 9.10. The summed E-state index contributed by atoms with van der Waals surface area (Å²) in [5.41, 5.74) is 0.980. The number of ether oxygens (including phenoxy) is 1. The van der Waals surface area contributed by atoms with E-state index in [0.717, 1.165) is 10.2 Å². The van der Waals surface area contributed by atoms with E-state index in [0.29, 0.717) is 19.8 Å². The van der Waals surface area contributed by atoms with Crippen LogP contribution in [0.4, 0.5) is 5.69 Å². The van der Waals surface area contributed by atoms with Gasteiger partial charge in [-0.25, -0.2) is 0 Å². The van der Waals surface area contributed by atoms with E-state index in [-0.39, 0.29) is 0 Å². The summed E-state index contributed by atoms with van der Waals surface area (Å²) in [6, 6.07) is 7.81. The Bertz CT molecular complexity index is 294. The van der Waals surface area contributed by atoms with Gasteiger partial charge in [-0.15, -0.1) is 0 Å². The molecule has 0 heterocycles. The Kier molecular flexibility index (Phi) is 5.68. The molecule has 84 valence electrons. The molecule has 0 radical (unpaired) electrons. The summed E-state index contributed by atoms with van der Waals surface area (Å²) < 4.78 is 6.11. The lowest BCUT2D eigenvalue weighted by atomic mass is 10.3. The number of aliphatic hydroxyl groups excluding tert-OH is 1. The molecule has 0 saturated carbocycles. The molecule has 2 N–H and O–H groups in total. The van der Waals surface area contributed by atoms with E-state index in [1.165, 1.54) is 0 Å². The van der Waals surface area contributed by atoms with Crippen molar-refractivity contribution in [2.75, 3.05) is 25.1 Å². The summed E-state index contributed by atoms with van der Waals surface area (Å²) in [5.74, 6) is 0. The van der Waals surface area contributed by atoms with Crippen molar-refractivity contribution in [3.8, 4) is 0 Å². The molecule has 1 atom stereocenters. The maximum atomic E-state index is 9.53. The number of aliphatic hydroxyl groups is 1. The monoisotopic (exact) mass is 273 g/mol. The van der Waals surface area contributed by atoms with Gasteiger partial charge in [0, 0.05) is 23.3 Å². The number of anilines is 1. The summed E-state index contributed by atoms with van der Waals surface area (Å²) in [4.78, 5) is 0. The van der Waals surface area contributed by atoms with Gasteiger partial charge in [0.2, 0.25) is 0 Å². The fourth-order valence-electron chi connectivity index (χ4n) is 1.15. The number of hydrogen-bond acceptors (Lipinski definition) is 3. The summed E-state index contributed by atoms with van der Waals surface area (Å²) in [6.45, 7) is 3.40. The van der Waals surface area contributed by atoms with Gasteiger partial charge in [0.05, 0.1) is 12.7 Å². The Hall–Kier alpha value is -0.580. The average molecular weight is 274 g/mol. The highest BCUT2D eigenvalue weighted by atomic mass is 79.9. The molecule has 1 aromatic rings. The van der Waals surface area contributed by atoms with E-state index in [1.807, 2.05) is 31.2 Å². The molecule has 0 spiro atoms. The van der Waals surface area contributed by atoms with Gasteiger partial charge >= 0.3 is 0 Å². The molecule has 0 aliphatic carbocycles. The quantitative estimate of drug-likeness (QED) is 0.836. The molecule has 0 aliphatic rings. The van der Waals surface area contributed by atoms with Gasteiger partial charge in [-0.2, -0.15) is 0 Å². The standard InChI is InChI=1S/C11H16BrNO2/c1-2-15-8-9(14)7-13-11-6-4-3-5-10(11)12/h3-6,9,13-14H,2,7-8H2,1H3. The molecule has 0 aromatic heterocycles. The molecule has 4 heteroatoms. The second kappa shape index (κ2) is 6.82. The maximum absolute atomic E-state index is 9.53. The first-order valence-electron chi connectivity index (χ1n) is 4.98.